The highest BCUT2D eigenvalue weighted by atomic mass is 19.1. The average molecular weight is 238 g/mol. The lowest BCUT2D eigenvalue weighted by Gasteiger charge is -2.68. The van der Waals surface area contributed by atoms with Gasteiger partial charge in [0.15, 0.2) is 0 Å². The zero-order chi connectivity index (χ0) is 12.3. The van der Waals surface area contributed by atoms with Crippen LogP contribution in [0.25, 0.3) is 0 Å². The van der Waals surface area contributed by atoms with Crippen molar-refractivity contribution < 1.29 is 18.7 Å². The van der Waals surface area contributed by atoms with Gasteiger partial charge >= 0.3 is 5.97 Å². The van der Waals surface area contributed by atoms with Gasteiger partial charge in [-0.1, -0.05) is 0 Å². The first-order chi connectivity index (χ1) is 7.95. The number of halogens is 2. The predicted molar refractivity (Wildman–Crippen MR) is 56.4 cm³/mol. The van der Waals surface area contributed by atoms with Gasteiger partial charge in [-0.25, -0.2) is 8.78 Å². The molecule has 1 aromatic rings. The number of rotatable bonds is 3. The molecule has 3 aliphatic rings. The molecule has 4 heteroatoms. The molecule has 17 heavy (non-hydrogen) atoms. The van der Waals surface area contributed by atoms with Crippen molar-refractivity contribution in [3.8, 4) is 0 Å². The fourth-order valence-corrected chi connectivity index (χ4v) is 3.50. The van der Waals surface area contributed by atoms with Crippen LogP contribution in [0, 0.1) is 22.5 Å². The van der Waals surface area contributed by atoms with E-state index in [1.807, 2.05) is 0 Å². The van der Waals surface area contributed by atoms with Crippen LogP contribution in [0.4, 0.5) is 8.78 Å². The summed E-state index contributed by atoms with van der Waals surface area (Å²) in [6.45, 7) is 0. The smallest absolute Gasteiger partial charge is 0.309 e. The number of hydrogen-bond donors (Lipinski definition) is 1. The Morgan fingerprint density at radius 3 is 2.53 bits per heavy atom. The summed E-state index contributed by atoms with van der Waals surface area (Å²) in [4.78, 5) is 10.9. The molecule has 1 N–H and O–H groups in total. The van der Waals surface area contributed by atoms with E-state index in [0.29, 0.717) is 31.2 Å². The Kier molecular flexibility index (Phi) is 1.92. The molecule has 0 unspecified atom stereocenters. The summed E-state index contributed by atoms with van der Waals surface area (Å²) in [5, 5.41) is 8.98. The number of hydrogen-bond acceptors (Lipinski definition) is 1. The van der Waals surface area contributed by atoms with Crippen LogP contribution in [0.5, 0.6) is 0 Å². The summed E-state index contributed by atoms with van der Waals surface area (Å²) in [5.41, 5.74) is -0.278. The highest BCUT2D eigenvalue weighted by Crippen LogP contribution is 2.74. The normalized spacial score (nSPS) is 33.8. The monoisotopic (exact) mass is 238 g/mol. The molecule has 0 saturated heterocycles. The minimum atomic E-state index is -0.751. The molecule has 2 nitrogen and oxygen atoms in total. The summed E-state index contributed by atoms with van der Waals surface area (Å²) in [6.07, 6.45) is 2.26. The van der Waals surface area contributed by atoms with Crippen LogP contribution in [-0.2, 0) is 11.2 Å². The molecule has 4 rings (SSSR count). The SMILES string of the molecule is O=C(O)C12CC(Cc3cc(F)ccc3F)(C1)C2. The molecule has 3 saturated carbocycles. The van der Waals surface area contributed by atoms with Crippen molar-refractivity contribution in [2.24, 2.45) is 10.8 Å². The maximum atomic E-state index is 13.4. The van der Waals surface area contributed by atoms with E-state index < -0.39 is 23.0 Å². The van der Waals surface area contributed by atoms with E-state index in [2.05, 4.69) is 0 Å². The zero-order valence-corrected chi connectivity index (χ0v) is 9.17. The first-order valence-electron chi connectivity index (χ1n) is 5.62. The van der Waals surface area contributed by atoms with Gasteiger partial charge in [-0.05, 0) is 54.9 Å². The van der Waals surface area contributed by atoms with Crippen LogP contribution in [-0.4, -0.2) is 11.1 Å². The Morgan fingerprint density at radius 1 is 1.29 bits per heavy atom. The Hall–Kier alpha value is -1.45. The summed E-state index contributed by atoms with van der Waals surface area (Å²) >= 11 is 0. The Labute approximate surface area is 97.3 Å². The molecule has 0 atom stereocenters. The molecule has 3 fully saturated rings. The fraction of sp³-hybridized carbons (Fsp3) is 0.462. The van der Waals surface area contributed by atoms with E-state index in [9.17, 15) is 13.6 Å². The van der Waals surface area contributed by atoms with E-state index >= 15 is 0 Å². The summed E-state index contributed by atoms with van der Waals surface area (Å²) in [5.74, 6) is -1.60. The van der Waals surface area contributed by atoms with E-state index in [1.54, 1.807) is 0 Å². The Bertz CT molecular complexity index is 490. The van der Waals surface area contributed by atoms with E-state index in [4.69, 9.17) is 5.11 Å². The molecule has 0 aliphatic heterocycles. The van der Waals surface area contributed by atoms with Gasteiger partial charge in [0.2, 0.25) is 0 Å². The summed E-state index contributed by atoms with van der Waals surface area (Å²) < 4.78 is 26.4. The maximum Gasteiger partial charge on any atom is 0.309 e. The lowest BCUT2D eigenvalue weighted by Crippen LogP contribution is -2.66. The lowest BCUT2D eigenvalue weighted by molar-refractivity contribution is -0.222. The van der Waals surface area contributed by atoms with Gasteiger partial charge in [-0.15, -0.1) is 0 Å². The molecule has 2 bridgehead atoms. The number of aliphatic carboxylic acids is 1. The predicted octanol–water partition coefficient (Wildman–Crippen LogP) is 2.76. The van der Waals surface area contributed by atoms with Gasteiger partial charge < -0.3 is 5.11 Å². The third-order valence-corrected chi connectivity index (χ3v) is 4.17. The number of carbonyl (C=O) groups is 1. The van der Waals surface area contributed by atoms with Crippen LogP contribution in [0.15, 0.2) is 18.2 Å². The molecule has 0 heterocycles. The summed E-state index contributed by atoms with van der Waals surface area (Å²) in [6, 6.07) is 3.44. The minimum Gasteiger partial charge on any atom is -0.481 e. The van der Waals surface area contributed by atoms with Crippen molar-refractivity contribution >= 4 is 5.97 Å². The average Bonchev–Trinajstić information content (AvgIpc) is 2.13. The van der Waals surface area contributed by atoms with Crippen molar-refractivity contribution in [2.45, 2.75) is 25.7 Å². The van der Waals surface area contributed by atoms with E-state index in [1.165, 1.54) is 6.07 Å². The van der Waals surface area contributed by atoms with Crippen molar-refractivity contribution in [1.29, 1.82) is 0 Å². The second-order valence-electron chi connectivity index (χ2n) is 5.53. The third kappa shape index (κ3) is 1.39. The topological polar surface area (TPSA) is 37.3 Å². The van der Waals surface area contributed by atoms with Crippen molar-refractivity contribution in [3.63, 3.8) is 0 Å². The molecular formula is C13H12F2O2. The lowest BCUT2D eigenvalue weighted by atomic mass is 9.34. The molecule has 0 aromatic heterocycles. The second kappa shape index (κ2) is 3.06. The molecule has 3 aliphatic carbocycles. The highest BCUT2D eigenvalue weighted by Gasteiger charge is 2.71. The van der Waals surface area contributed by atoms with E-state index in [-0.39, 0.29) is 5.41 Å². The van der Waals surface area contributed by atoms with E-state index in [0.717, 1.165) is 12.1 Å². The van der Waals surface area contributed by atoms with Crippen LogP contribution in [0.3, 0.4) is 0 Å². The third-order valence-electron chi connectivity index (χ3n) is 4.17. The quantitative estimate of drug-likeness (QED) is 0.879. The number of carboxylic acids is 1. The molecule has 1 aromatic carbocycles. The molecular weight excluding hydrogens is 226 g/mol. The second-order valence-corrected chi connectivity index (χ2v) is 5.53. The minimum absolute atomic E-state index is 0.0903. The highest BCUT2D eigenvalue weighted by molar-refractivity contribution is 5.79. The van der Waals surface area contributed by atoms with Gasteiger partial charge in [0.25, 0.3) is 0 Å². The van der Waals surface area contributed by atoms with Gasteiger partial charge in [0, 0.05) is 0 Å². The van der Waals surface area contributed by atoms with Gasteiger partial charge in [-0.3, -0.25) is 4.79 Å². The maximum absolute atomic E-state index is 13.4. The van der Waals surface area contributed by atoms with Gasteiger partial charge in [0.1, 0.15) is 11.6 Å². The standard InChI is InChI=1S/C13H12F2O2/c14-9-1-2-10(15)8(3-9)4-12-5-13(6-12,7-12)11(16)17/h1-3H,4-7H2,(H,16,17). The molecule has 0 spiro atoms. The number of carboxylic acid groups (broad SMARTS) is 1. The largest absolute Gasteiger partial charge is 0.481 e. The van der Waals surface area contributed by atoms with Crippen LogP contribution < -0.4 is 0 Å². The fourth-order valence-electron chi connectivity index (χ4n) is 3.50. The first kappa shape index (κ1) is 10.7. The van der Waals surface area contributed by atoms with Crippen LogP contribution >= 0.6 is 0 Å². The van der Waals surface area contributed by atoms with Crippen molar-refractivity contribution in [2.75, 3.05) is 0 Å². The Morgan fingerprint density at radius 2 is 1.94 bits per heavy atom. The molecule has 0 amide bonds. The molecule has 90 valence electrons. The van der Waals surface area contributed by atoms with Crippen molar-refractivity contribution in [1.82, 2.24) is 0 Å². The van der Waals surface area contributed by atoms with Crippen LogP contribution in [0.2, 0.25) is 0 Å². The van der Waals surface area contributed by atoms with Gasteiger partial charge in [-0.2, -0.15) is 0 Å². The Balaban J connectivity index is 1.75. The summed E-state index contributed by atoms with van der Waals surface area (Å²) in [7, 11) is 0. The number of benzene rings is 1. The van der Waals surface area contributed by atoms with Crippen LogP contribution in [0.1, 0.15) is 24.8 Å². The van der Waals surface area contributed by atoms with Gasteiger partial charge in [0.05, 0.1) is 5.41 Å². The molecule has 0 radical (unpaired) electrons. The zero-order valence-electron chi connectivity index (χ0n) is 9.17. The van der Waals surface area contributed by atoms with Crippen molar-refractivity contribution in [3.05, 3.63) is 35.4 Å². The first-order valence-corrected chi connectivity index (χ1v) is 5.62.